The Morgan fingerprint density at radius 3 is 2.53 bits per heavy atom. The van der Waals surface area contributed by atoms with E-state index < -0.39 is 6.10 Å². The molecular weight excluding hydrogens is 244 g/mol. The first kappa shape index (κ1) is 18.1. The minimum atomic E-state index is -0.963. The van der Waals surface area contributed by atoms with E-state index in [1.165, 1.54) is 12.8 Å². The lowest BCUT2D eigenvalue weighted by molar-refractivity contribution is -0.147. The van der Waals surface area contributed by atoms with Crippen LogP contribution in [0.15, 0.2) is 12.2 Å². The molecule has 0 aliphatic heterocycles. The van der Waals surface area contributed by atoms with Crippen LogP contribution in [0.3, 0.4) is 0 Å². The van der Waals surface area contributed by atoms with Crippen LogP contribution in [0.2, 0.25) is 0 Å². The lowest BCUT2D eigenvalue weighted by Crippen LogP contribution is -2.21. The number of carbonyl (C=O) groups excluding carboxylic acids is 1. The molecule has 19 heavy (non-hydrogen) atoms. The van der Waals surface area contributed by atoms with Gasteiger partial charge in [0.2, 0.25) is 0 Å². The summed E-state index contributed by atoms with van der Waals surface area (Å²) in [5.41, 5.74) is 0. The van der Waals surface area contributed by atoms with Crippen molar-refractivity contribution in [2.24, 2.45) is 0 Å². The summed E-state index contributed by atoms with van der Waals surface area (Å²) in [6.07, 6.45) is 11.0. The fraction of sp³-hybridized carbons (Fsp3) is 0.733. The molecule has 0 aromatic rings. The Labute approximate surface area is 116 Å². The SMILES string of the molecule is [CH2-]C/C=C/CCCCCCCC(=O)OC[C@@H](O)CO. The minimum Gasteiger partial charge on any atom is -0.463 e. The average Bonchev–Trinajstić information content (AvgIpc) is 2.42. The Bertz CT molecular complexity index is 238. The summed E-state index contributed by atoms with van der Waals surface area (Å²) < 4.78 is 4.80. The molecule has 0 aromatic carbocycles. The Morgan fingerprint density at radius 2 is 1.84 bits per heavy atom. The Balaban J connectivity index is 3.25. The number of hydrogen-bond acceptors (Lipinski definition) is 4. The lowest BCUT2D eigenvalue weighted by Gasteiger charge is -2.08. The van der Waals surface area contributed by atoms with Gasteiger partial charge in [0.1, 0.15) is 12.7 Å². The van der Waals surface area contributed by atoms with Crippen molar-refractivity contribution >= 4 is 5.97 Å². The van der Waals surface area contributed by atoms with E-state index >= 15 is 0 Å². The van der Waals surface area contributed by atoms with E-state index in [4.69, 9.17) is 14.9 Å². The van der Waals surface area contributed by atoms with Crippen molar-refractivity contribution in [2.45, 2.75) is 57.5 Å². The number of hydrogen-bond donors (Lipinski definition) is 2. The molecule has 0 saturated carbocycles. The second-order valence-corrected chi connectivity index (χ2v) is 4.59. The van der Waals surface area contributed by atoms with Crippen LogP contribution < -0.4 is 0 Å². The number of aliphatic hydroxyl groups is 2. The van der Waals surface area contributed by atoms with Crippen LogP contribution in [0.4, 0.5) is 0 Å². The number of esters is 1. The molecule has 112 valence electrons. The maximum atomic E-state index is 11.2. The van der Waals surface area contributed by atoms with Crippen molar-refractivity contribution in [3.8, 4) is 0 Å². The zero-order valence-corrected chi connectivity index (χ0v) is 11.7. The van der Waals surface area contributed by atoms with Gasteiger partial charge in [0.05, 0.1) is 6.61 Å². The molecule has 0 radical (unpaired) electrons. The van der Waals surface area contributed by atoms with Crippen molar-refractivity contribution in [1.29, 1.82) is 0 Å². The summed E-state index contributed by atoms with van der Waals surface area (Å²) in [6, 6.07) is 0. The Morgan fingerprint density at radius 1 is 1.16 bits per heavy atom. The number of rotatable bonds is 12. The van der Waals surface area contributed by atoms with E-state index in [1.54, 1.807) is 0 Å². The first-order valence-electron chi connectivity index (χ1n) is 7.09. The van der Waals surface area contributed by atoms with Gasteiger partial charge in [-0.15, -0.1) is 6.08 Å². The highest BCUT2D eigenvalue weighted by atomic mass is 16.5. The minimum absolute atomic E-state index is 0.117. The first-order valence-corrected chi connectivity index (χ1v) is 7.09. The van der Waals surface area contributed by atoms with Crippen molar-refractivity contribution in [3.63, 3.8) is 0 Å². The molecule has 0 bridgehead atoms. The summed E-state index contributed by atoms with van der Waals surface area (Å²) in [4.78, 5) is 11.2. The molecule has 0 fully saturated rings. The smallest absolute Gasteiger partial charge is 0.305 e. The maximum absolute atomic E-state index is 11.2. The largest absolute Gasteiger partial charge is 0.463 e. The number of carbonyl (C=O) groups is 1. The summed E-state index contributed by atoms with van der Waals surface area (Å²) in [7, 11) is 0. The van der Waals surface area contributed by atoms with Gasteiger partial charge in [-0.25, -0.2) is 0 Å². The highest BCUT2D eigenvalue weighted by Crippen LogP contribution is 2.08. The van der Waals surface area contributed by atoms with Crippen LogP contribution in [-0.4, -0.2) is 35.5 Å². The molecule has 0 saturated heterocycles. The Hall–Kier alpha value is -0.870. The molecule has 0 aliphatic carbocycles. The normalized spacial score (nSPS) is 12.8. The summed E-state index contributed by atoms with van der Waals surface area (Å²) >= 11 is 0. The maximum Gasteiger partial charge on any atom is 0.305 e. The molecule has 0 aromatic heterocycles. The molecule has 0 unspecified atom stereocenters. The van der Waals surface area contributed by atoms with Crippen LogP contribution in [0, 0.1) is 6.92 Å². The molecule has 0 rings (SSSR count). The summed E-state index contributed by atoms with van der Waals surface area (Å²) in [5.74, 6) is -0.300. The molecule has 2 N–H and O–H groups in total. The lowest BCUT2D eigenvalue weighted by atomic mass is 10.1. The molecule has 4 heteroatoms. The number of aliphatic hydroxyl groups excluding tert-OH is 2. The van der Waals surface area contributed by atoms with Crippen LogP contribution >= 0.6 is 0 Å². The standard InChI is InChI=1S/C15H27O4/c1-2-3-4-5-6-7-8-9-10-11-15(18)19-13-14(17)12-16/h3-4,14,16-17H,1-2,5-13H2/q-1/b4-3+/t14-/m0/s1. The quantitative estimate of drug-likeness (QED) is 0.247. The van der Waals surface area contributed by atoms with Crippen LogP contribution in [-0.2, 0) is 9.53 Å². The number of ether oxygens (including phenoxy) is 1. The van der Waals surface area contributed by atoms with E-state index in [0.29, 0.717) is 6.42 Å². The van der Waals surface area contributed by atoms with Crippen molar-refractivity contribution in [2.75, 3.05) is 13.2 Å². The molecular formula is C15H27O4-. The molecule has 0 amide bonds. The van der Waals surface area contributed by atoms with Gasteiger partial charge in [-0.05, 0) is 19.3 Å². The second kappa shape index (κ2) is 13.6. The Kier molecular flexibility index (Phi) is 12.9. The average molecular weight is 271 g/mol. The number of unbranched alkanes of at least 4 members (excludes halogenated alkanes) is 5. The van der Waals surface area contributed by atoms with Gasteiger partial charge in [-0.1, -0.05) is 25.3 Å². The van der Waals surface area contributed by atoms with E-state index in [-0.39, 0.29) is 19.2 Å². The summed E-state index contributed by atoms with van der Waals surface area (Å²) in [6.45, 7) is 3.24. The fourth-order valence-electron chi connectivity index (χ4n) is 1.61. The molecule has 0 aliphatic rings. The van der Waals surface area contributed by atoms with Gasteiger partial charge in [0.25, 0.3) is 0 Å². The predicted molar refractivity (Wildman–Crippen MR) is 75.5 cm³/mol. The van der Waals surface area contributed by atoms with Crippen molar-refractivity contribution in [1.82, 2.24) is 0 Å². The van der Waals surface area contributed by atoms with E-state index in [1.807, 2.05) is 0 Å². The van der Waals surface area contributed by atoms with Gasteiger partial charge in [0.15, 0.2) is 0 Å². The predicted octanol–water partition coefficient (Wildman–Crippen LogP) is 2.39. The highest BCUT2D eigenvalue weighted by Gasteiger charge is 2.07. The third-order valence-corrected chi connectivity index (χ3v) is 2.73. The van der Waals surface area contributed by atoms with Gasteiger partial charge in [-0.3, -0.25) is 4.79 Å². The first-order chi connectivity index (χ1) is 9.20. The zero-order chi connectivity index (χ0) is 14.3. The zero-order valence-electron chi connectivity index (χ0n) is 11.7. The highest BCUT2D eigenvalue weighted by molar-refractivity contribution is 5.69. The molecule has 1 atom stereocenters. The van der Waals surface area contributed by atoms with Gasteiger partial charge in [0, 0.05) is 6.42 Å². The number of allylic oxidation sites excluding steroid dienone is 2. The molecule has 4 nitrogen and oxygen atoms in total. The van der Waals surface area contributed by atoms with E-state index in [9.17, 15) is 4.79 Å². The van der Waals surface area contributed by atoms with E-state index in [0.717, 1.165) is 32.1 Å². The van der Waals surface area contributed by atoms with Crippen LogP contribution in [0.25, 0.3) is 0 Å². The van der Waals surface area contributed by atoms with Crippen LogP contribution in [0.5, 0.6) is 0 Å². The van der Waals surface area contributed by atoms with Gasteiger partial charge >= 0.3 is 5.97 Å². The second-order valence-electron chi connectivity index (χ2n) is 4.59. The monoisotopic (exact) mass is 271 g/mol. The molecule has 0 heterocycles. The van der Waals surface area contributed by atoms with Gasteiger partial charge in [-0.2, -0.15) is 6.42 Å². The third-order valence-electron chi connectivity index (χ3n) is 2.73. The van der Waals surface area contributed by atoms with Crippen molar-refractivity contribution < 1.29 is 19.7 Å². The van der Waals surface area contributed by atoms with Crippen LogP contribution in [0.1, 0.15) is 51.4 Å². The topological polar surface area (TPSA) is 66.8 Å². The third kappa shape index (κ3) is 13.4. The van der Waals surface area contributed by atoms with Crippen molar-refractivity contribution in [3.05, 3.63) is 19.1 Å². The van der Waals surface area contributed by atoms with E-state index in [2.05, 4.69) is 19.1 Å². The molecule has 0 spiro atoms. The fourth-order valence-corrected chi connectivity index (χ4v) is 1.61. The van der Waals surface area contributed by atoms with Gasteiger partial charge < -0.3 is 21.9 Å². The summed E-state index contributed by atoms with van der Waals surface area (Å²) in [5, 5.41) is 17.5.